The fourth-order valence-electron chi connectivity index (χ4n) is 1.54. The summed E-state index contributed by atoms with van der Waals surface area (Å²) in [4.78, 5) is 2.30. The number of rotatable bonds is 5. The van der Waals surface area contributed by atoms with Crippen molar-refractivity contribution in [2.45, 2.75) is 19.4 Å². The smallest absolute Gasteiger partial charge is 0.0105 e. The maximum absolute atomic E-state index is 5.52. The molecule has 0 aromatic heterocycles. The molecule has 2 nitrogen and oxygen atoms in total. The van der Waals surface area contributed by atoms with E-state index in [9.17, 15) is 0 Å². The van der Waals surface area contributed by atoms with Crippen LogP contribution >= 0.6 is 0 Å². The minimum absolute atomic E-state index is 0.556. The van der Waals surface area contributed by atoms with Crippen LogP contribution in [0, 0.1) is 0 Å². The molecule has 1 aromatic rings. The normalized spacial score (nSPS) is 13.1. The van der Waals surface area contributed by atoms with Gasteiger partial charge in [-0.1, -0.05) is 30.3 Å². The van der Waals surface area contributed by atoms with Crippen molar-refractivity contribution < 1.29 is 0 Å². The lowest BCUT2D eigenvalue weighted by molar-refractivity contribution is 0.263. The fraction of sp³-hybridized carbons (Fsp3) is 0.500. The number of likely N-dealkylation sites (N-methyl/N-ethyl adjacent to an activating group) is 1. The number of nitrogens with zero attached hydrogens (tertiary/aromatic N) is 1. The molecule has 0 bridgehead atoms. The summed E-state index contributed by atoms with van der Waals surface area (Å²) >= 11 is 0. The highest BCUT2D eigenvalue weighted by Gasteiger charge is 2.08. The maximum Gasteiger partial charge on any atom is 0.0105 e. The largest absolute Gasteiger partial charge is 0.329 e. The Balaban J connectivity index is 2.44. The van der Waals surface area contributed by atoms with Crippen molar-refractivity contribution in [1.82, 2.24) is 4.90 Å². The quantitative estimate of drug-likeness (QED) is 0.766. The third kappa shape index (κ3) is 3.48. The molecule has 0 aliphatic heterocycles. The second kappa shape index (κ2) is 5.78. The lowest BCUT2D eigenvalue weighted by Crippen LogP contribution is -2.34. The molecule has 0 fully saturated rings. The first kappa shape index (κ1) is 11.2. The van der Waals surface area contributed by atoms with Gasteiger partial charge in [0.05, 0.1) is 0 Å². The van der Waals surface area contributed by atoms with Crippen molar-refractivity contribution >= 4 is 0 Å². The number of hydrogen-bond acceptors (Lipinski definition) is 2. The second-order valence-electron chi connectivity index (χ2n) is 3.81. The zero-order chi connectivity index (χ0) is 10.4. The van der Waals surface area contributed by atoms with Gasteiger partial charge >= 0.3 is 0 Å². The average molecular weight is 192 g/mol. The molecule has 1 aromatic carbocycles. The van der Waals surface area contributed by atoms with E-state index in [1.807, 2.05) is 0 Å². The lowest BCUT2D eigenvalue weighted by atomic mass is 10.1. The van der Waals surface area contributed by atoms with Crippen molar-refractivity contribution in [2.24, 2.45) is 5.73 Å². The molecule has 1 unspecified atom stereocenters. The highest BCUT2D eigenvalue weighted by Crippen LogP contribution is 2.06. The molecule has 1 rings (SSSR count). The van der Waals surface area contributed by atoms with Crippen LogP contribution in [0.3, 0.4) is 0 Å². The number of nitrogens with two attached hydrogens (primary N) is 1. The van der Waals surface area contributed by atoms with Gasteiger partial charge in [-0.2, -0.15) is 0 Å². The van der Waals surface area contributed by atoms with Crippen molar-refractivity contribution in [3.05, 3.63) is 35.9 Å². The van der Waals surface area contributed by atoms with Crippen molar-refractivity contribution in [1.29, 1.82) is 0 Å². The monoisotopic (exact) mass is 192 g/mol. The second-order valence-corrected chi connectivity index (χ2v) is 3.81. The van der Waals surface area contributed by atoms with Crippen molar-refractivity contribution in [3.8, 4) is 0 Å². The van der Waals surface area contributed by atoms with Crippen LogP contribution in [-0.4, -0.2) is 31.1 Å². The first-order chi connectivity index (χ1) is 6.74. The third-order valence-electron chi connectivity index (χ3n) is 2.61. The molecule has 0 saturated carbocycles. The molecule has 0 spiro atoms. The lowest BCUT2D eigenvalue weighted by Gasteiger charge is -2.23. The fourth-order valence-corrected chi connectivity index (χ4v) is 1.54. The summed E-state index contributed by atoms with van der Waals surface area (Å²) in [6.07, 6.45) is 1.09. The van der Waals surface area contributed by atoms with E-state index in [2.05, 4.69) is 49.2 Å². The topological polar surface area (TPSA) is 29.3 Å². The Labute approximate surface area is 86.7 Å². The number of benzene rings is 1. The van der Waals surface area contributed by atoms with E-state index in [1.54, 1.807) is 0 Å². The summed E-state index contributed by atoms with van der Waals surface area (Å²) in [6.45, 7) is 3.94. The molecule has 14 heavy (non-hydrogen) atoms. The van der Waals surface area contributed by atoms with Crippen LogP contribution < -0.4 is 5.73 Å². The van der Waals surface area contributed by atoms with Gasteiger partial charge in [-0.25, -0.2) is 0 Å². The summed E-state index contributed by atoms with van der Waals surface area (Å²) in [7, 11) is 2.13. The first-order valence-corrected chi connectivity index (χ1v) is 5.18. The molecule has 2 N–H and O–H groups in total. The Morgan fingerprint density at radius 3 is 2.50 bits per heavy atom. The van der Waals surface area contributed by atoms with Crippen molar-refractivity contribution in [3.63, 3.8) is 0 Å². The van der Waals surface area contributed by atoms with E-state index >= 15 is 0 Å². The van der Waals surface area contributed by atoms with Crippen LogP contribution in [-0.2, 0) is 6.42 Å². The summed E-state index contributed by atoms with van der Waals surface area (Å²) in [5.74, 6) is 0. The Kier molecular flexibility index (Phi) is 4.63. The Morgan fingerprint density at radius 2 is 1.93 bits per heavy atom. The Morgan fingerprint density at radius 1 is 1.29 bits per heavy atom. The molecule has 0 aliphatic rings. The first-order valence-electron chi connectivity index (χ1n) is 5.18. The molecule has 0 amide bonds. The van der Waals surface area contributed by atoms with Crippen LogP contribution in [0.5, 0.6) is 0 Å². The van der Waals surface area contributed by atoms with Gasteiger partial charge in [0.2, 0.25) is 0 Å². The van der Waals surface area contributed by atoms with E-state index in [0.29, 0.717) is 6.04 Å². The predicted molar refractivity (Wildman–Crippen MR) is 61.3 cm³/mol. The molecular formula is C12H20N2. The zero-order valence-electron chi connectivity index (χ0n) is 9.11. The van der Waals surface area contributed by atoms with E-state index in [4.69, 9.17) is 5.73 Å². The molecule has 78 valence electrons. The minimum Gasteiger partial charge on any atom is -0.329 e. The van der Waals surface area contributed by atoms with Crippen LogP contribution in [0.2, 0.25) is 0 Å². The SMILES string of the molecule is CC(Cc1ccccc1)N(C)CCN. The van der Waals surface area contributed by atoms with Gasteiger partial charge in [0.1, 0.15) is 0 Å². The molecule has 0 radical (unpaired) electrons. The average Bonchev–Trinajstić information content (AvgIpc) is 2.19. The maximum atomic E-state index is 5.52. The summed E-state index contributed by atoms with van der Waals surface area (Å²) in [6, 6.07) is 11.1. The van der Waals surface area contributed by atoms with E-state index in [0.717, 1.165) is 19.5 Å². The zero-order valence-corrected chi connectivity index (χ0v) is 9.11. The highest BCUT2D eigenvalue weighted by molar-refractivity contribution is 5.15. The third-order valence-corrected chi connectivity index (χ3v) is 2.61. The van der Waals surface area contributed by atoms with Gasteiger partial charge in [0.15, 0.2) is 0 Å². The Hall–Kier alpha value is -0.860. The standard InChI is InChI=1S/C12H20N2/c1-11(14(2)9-8-13)10-12-6-4-3-5-7-12/h3-7,11H,8-10,13H2,1-2H3. The van der Waals surface area contributed by atoms with E-state index in [1.165, 1.54) is 5.56 Å². The molecule has 0 saturated heterocycles. The predicted octanol–water partition coefficient (Wildman–Crippen LogP) is 1.51. The molecule has 0 aliphatic carbocycles. The van der Waals surface area contributed by atoms with Gasteiger partial charge in [0, 0.05) is 19.1 Å². The van der Waals surface area contributed by atoms with Gasteiger partial charge < -0.3 is 10.6 Å². The van der Waals surface area contributed by atoms with Crippen molar-refractivity contribution in [2.75, 3.05) is 20.1 Å². The minimum atomic E-state index is 0.556. The van der Waals surface area contributed by atoms with Gasteiger partial charge in [-0.15, -0.1) is 0 Å². The summed E-state index contributed by atoms with van der Waals surface area (Å²) < 4.78 is 0. The molecule has 0 heterocycles. The van der Waals surface area contributed by atoms with Crippen LogP contribution in [0.25, 0.3) is 0 Å². The summed E-state index contributed by atoms with van der Waals surface area (Å²) in [5, 5.41) is 0. The Bertz CT molecular complexity index is 246. The summed E-state index contributed by atoms with van der Waals surface area (Å²) in [5.41, 5.74) is 6.91. The molecule has 1 atom stereocenters. The number of hydrogen-bond donors (Lipinski definition) is 1. The van der Waals surface area contributed by atoms with Crippen LogP contribution in [0.15, 0.2) is 30.3 Å². The van der Waals surface area contributed by atoms with E-state index in [-0.39, 0.29) is 0 Å². The van der Waals surface area contributed by atoms with Gasteiger partial charge in [-0.05, 0) is 26.0 Å². The molecule has 2 heteroatoms. The highest BCUT2D eigenvalue weighted by atomic mass is 15.1. The van der Waals surface area contributed by atoms with Gasteiger partial charge in [0.25, 0.3) is 0 Å². The van der Waals surface area contributed by atoms with Gasteiger partial charge in [-0.3, -0.25) is 0 Å². The van der Waals surface area contributed by atoms with Crippen LogP contribution in [0.4, 0.5) is 0 Å². The van der Waals surface area contributed by atoms with E-state index < -0.39 is 0 Å². The molecular weight excluding hydrogens is 172 g/mol. The van der Waals surface area contributed by atoms with Crippen LogP contribution in [0.1, 0.15) is 12.5 Å².